The first kappa shape index (κ1) is 9.96. The summed E-state index contributed by atoms with van der Waals surface area (Å²) >= 11 is 0. The van der Waals surface area contributed by atoms with Crippen molar-refractivity contribution in [3.8, 4) is 6.01 Å². The Balaban J connectivity index is 2.61. The van der Waals surface area contributed by atoms with Crippen molar-refractivity contribution in [2.45, 2.75) is 33.8 Å². The molecule has 1 atom stereocenters. The molecule has 0 bridgehead atoms. The fourth-order valence-electron chi connectivity index (χ4n) is 0.681. The maximum Gasteiger partial charge on any atom is 0.316 e. The summed E-state index contributed by atoms with van der Waals surface area (Å²) in [6.07, 6.45) is 3.46. The highest BCUT2D eigenvalue weighted by Gasteiger charge is 2.22. The summed E-state index contributed by atoms with van der Waals surface area (Å²) in [7, 11) is 0. The molecule has 72 valence electrons. The van der Waals surface area contributed by atoms with E-state index in [1.54, 1.807) is 18.5 Å². The molecular formula is C10H16N2O. The van der Waals surface area contributed by atoms with E-state index in [1.165, 1.54) is 0 Å². The lowest BCUT2D eigenvalue weighted by molar-refractivity contribution is 0.0931. The molecule has 0 aliphatic heterocycles. The Kier molecular flexibility index (Phi) is 2.86. The predicted molar refractivity (Wildman–Crippen MR) is 51.6 cm³/mol. The topological polar surface area (TPSA) is 35.0 Å². The second-order valence-electron chi connectivity index (χ2n) is 4.16. The highest BCUT2D eigenvalue weighted by molar-refractivity contribution is 4.94. The van der Waals surface area contributed by atoms with Crippen molar-refractivity contribution in [3.05, 3.63) is 18.5 Å². The molecule has 1 aromatic rings. The van der Waals surface area contributed by atoms with Crippen molar-refractivity contribution in [2.75, 3.05) is 0 Å². The quantitative estimate of drug-likeness (QED) is 0.700. The molecule has 0 aliphatic carbocycles. The normalized spacial score (nSPS) is 13.8. The van der Waals surface area contributed by atoms with Crippen molar-refractivity contribution in [1.82, 2.24) is 9.97 Å². The standard InChI is InChI=1S/C10H16N2O/c1-8(10(2,3)4)13-9-11-6-5-7-12-9/h5-8H,1-4H3. The van der Waals surface area contributed by atoms with Crippen LogP contribution in [0, 0.1) is 5.41 Å². The SMILES string of the molecule is CC(Oc1ncccn1)C(C)(C)C. The smallest absolute Gasteiger partial charge is 0.316 e. The van der Waals surface area contributed by atoms with Crippen LogP contribution in [0.4, 0.5) is 0 Å². The summed E-state index contributed by atoms with van der Waals surface area (Å²) in [6.45, 7) is 8.40. The molecule has 0 saturated carbocycles. The number of aromatic nitrogens is 2. The molecular weight excluding hydrogens is 164 g/mol. The maximum atomic E-state index is 5.56. The number of ether oxygens (including phenoxy) is 1. The van der Waals surface area contributed by atoms with Gasteiger partial charge in [-0.1, -0.05) is 20.8 Å². The molecule has 13 heavy (non-hydrogen) atoms. The Morgan fingerprint density at radius 3 is 2.23 bits per heavy atom. The average molecular weight is 180 g/mol. The first-order valence-corrected chi connectivity index (χ1v) is 4.44. The molecule has 1 aromatic heterocycles. The van der Waals surface area contributed by atoms with Crippen molar-refractivity contribution >= 4 is 0 Å². The van der Waals surface area contributed by atoms with E-state index in [0.29, 0.717) is 6.01 Å². The van der Waals surface area contributed by atoms with Crippen molar-refractivity contribution < 1.29 is 4.74 Å². The van der Waals surface area contributed by atoms with Crippen LogP contribution in [0.3, 0.4) is 0 Å². The second kappa shape index (κ2) is 3.73. The summed E-state index contributed by atoms with van der Waals surface area (Å²) in [4.78, 5) is 8.00. The molecule has 1 unspecified atom stereocenters. The van der Waals surface area contributed by atoms with Crippen LogP contribution in [0.15, 0.2) is 18.5 Å². The molecule has 0 radical (unpaired) electrons. The molecule has 0 fully saturated rings. The molecule has 0 aromatic carbocycles. The van der Waals surface area contributed by atoms with E-state index in [0.717, 1.165) is 0 Å². The Labute approximate surface area is 79.2 Å². The summed E-state index contributed by atoms with van der Waals surface area (Å²) in [6, 6.07) is 2.22. The highest BCUT2D eigenvalue weighted by atomic mass is 16.5. The Hall–Kier alpha value is -1.12. The molecule has 0 amide bonds. The van der Waals surface area contributed by atoms with Gasteiger partial charge in [0, 0.05) is 12.4 Å². The van der Waals surface area contributed by atoms with Gasteiger partial charge in [0.2, 0.25) is 0 Å². The van der Waals surface area contributed by atoms with Crippen LogP contribution in [0.25, 0.3) is 0 Å². The zero-order valence-electron chi connectivity index (χ0n) is 8.61. The number of hydrogen-bond acceptors (Lipinski definition) is 3. The average Bonchev–Trinajstić information content (AvgIpc) is 2.04. The van der Waals surface area contributed by atoms with Gasteiger partial charge in [-0.25, -0.2) is 9.97 Å². The van der Waals surface area contributed by atoms with Gasteiger partial charge in [0.15, 0.2) is 0 Å². The predicted octanol–water partition coefficient (Wildman–Crippen LogP) is 2.29. The van der Waals surface area contributed by atoms with E-state index >= 15 is 0 Å². The van der Waals surface area contributed by atoms with Crippen molar-refractivity contribution in [1.29, 1.82) is 0 Å². The molecule has 0 aliphatic rings. The minimum atomic E-state index is 0.106. The number of nitrogens with zero attached hydrogens (tertiary/aromatic N) is 2. The zero-order valence-corrected chi connectivity index (χ0v) is 8.61. The maximum absolute atomic E-state index is 5.56. The van der Waals surface area contributed by atoms with Gasteiger partial charge in [-0.3, -0.25) is 0 Å². The Morgan fingerprint density at radius 1 is 1.23 bits per heavy atom. The van der Waals surface area contributed by atoms with Crippen LogP contribution in [-0.2, 0) is 0 Å². The summed E-state index contributed by atoms with van der Waals surface area (Å²) in [5.41, 5.74) is 0.110. The number of rotatable bonds is 2. The van der Waals surface area contributed by atoms with E-state index in [-0.39, 0.29) is 11.5 Å². The molecule has 0 spiro atoms. The van der Waals surface area contributed by atoms with E-state index in [9.17, 15) is 0 Å². The third-order valence-electron chi connectivity index (χ3n) is 2.04. The van der Waals surface area contributed by atoms with Gasteiger partial charge in [0.1, 0.15) is 6.10 Å². The fourth-order valence-corrected chi connectivity index (χ4v) is 0.681. The lowest BCUT2D eigenvalue weighted by Gasteiger charge is -2.26. The monoisotopic (exact) mass is 180 g/mol. The van der Waals surface area contributed by atoms with Gasteiger partial charge in [0.25, 0.3) is 0 Å². The third-order valence-corrected chi connectivity index (χ3v) is 2.04. The van der Waals surface area contributed by atoms with Crippen molar-refractivity contribution in [2.24, 2.45) is 5.41 Å². The lowest BCUT2D eigenvalue weighted by Crippen LogP contribution is -2.29. The minimum absolute atomic E-state index is 0.106. The number of hydrogen-bond donors (Lipinski definition) is 0. The molecule has 3 heteroatoms. The minimum Gasteiger partial charge on any atom is -0.460 e. The van der Waals surface area contributed by atoms with Gasteiger partial charge in [-0.2, -0.15) is 0 Å². The Bertz CT molecular complexity index is 253. The summed E-state index contributed by atoms with van der Waals surface area (Å²) in [5, 5.41) is 0. The Morgan fingerprint density at radius 2 is 1.77 bits per heavy atom. The lowest BCUT2D eigenvalue weighted by atomic mass is 9.90. The molecule has 0 N–H and O–H groups in total. The van der Waals surface area contributed by atoms with E-state index < -0.39 is 0 Å². The molecule has 0 saturated heterocycles. The molecule has 1 rings (SSSR count). The third kappa shape index (κ3) is 3.01. The fraction of sp³-hybridized carbons (Fsp3) is 0.600. The molecule has 3 nitrogen and oxygen atoms in total. The second-order valence-corrected chi connectivity index (χ2v) is 4.16. The zero-order chi connectivity index (χ0) is 9.90. The van der Waals surface area contributed by atoms with Crippen LogP contribution in [-0.4, -0.2) is 16.1 Å². The highest BCUT2D eigenvalue weighted by Crippen LogP contribution is 2.21. The van der Waals surface area contributed by atoms with Crippen LogP contribution in [0.1, 0.15) is 27.7 Å². The van der Waals surface area contributed by atoms with Crippen LogP contribution in [0.5, 0.6) is 6.01 Å². The largest absolute Gasteiger partial charge is 0.460 e. The van der Waals surface area contributed by atoms with Crippen LogP contribution in [0.2, 0.25) is 0 Å². The first-order valence-electron chi connectivity index (χ1n) is 4.44. The first-order chi connectivity index (χ1) is 6.00. The van der Waals surface area contributed by atoms with E-state index in [2.05, 4.69) is 30.7 Å². The van der Waals surface area contributed by atoms with Gasteiger partial charge in [0.05, 0.1) is 0 Å². The van der Waals surface area contributed by atoms with E-state index in [4.69, 9.17) is 4.74 Å². The van der Waals surface area contributed by atoms with Gasteiger partial charge < -0.3 is 4.74 Å². The van der Waals surface area contributed by atoms with Crippen LogP contribution >= 0.6 is 0 Å². The van der Waals surface area contributed by atoms with Gasteiger partial charge >= 0.3 is 6.01 Å². The van der Waals surface area contributed by atoms with Crippen LogP contribution < -0.4 is 4.74 Å². The van der Waals surface area contributed by atoms with Crippen molar-refractivity contribution in [3.63, 3.8) is 0 Å². The van der Waals surface area contributed by atoms with E-state index in [1.807, 2.05) is 6.92 Å². The van der Waals surface area contributed by atoms with Gasteiger partial charge in [-0.05, 0) is 18.4 Å². The van der Waals surface area contributed by atoms with Gasteiger partial charge in [-0.15, -0.1) is 0 Å². The summed E-state index contributed by atoms with van der Waals surface area (Å²) < 4.78 is 5.56. The summed E-state index contributed by atoms with van der Waals surface area (Å²) in [5.74, 6) is 0. The molecule has 1 heterocycles.